The molecule has 5 heteroatoms. The van der Waals surface area contributed by atoms with Crippen LogP contribution in [0.25, 0.3) is 0 Å². The van der Waals surface area contributed by atoms with Gasteiger partial charge in [-0.1, -0.05) is 78.3 Å². The smallest absolute Gasteiger partial charge is 0.195 e. The van der Waals surface area contributed by atoms with E-state index in [1.807, 2.05) is 56.3 Å². The van der Waals surface area contributed by atoms with Gasteiger partial charge in [-0.15, -0.1) is 0 Å². The number of hydrogen-bond donors (Lipinski definition) is 0. The lowest BCUT2D eigenvalue weighted by Crippen LogP contribution is -2.52. The number of aliphatic imine (C=N–C) groups is 1. The van der Waals surface area contributed by atoms with Crippen LogP contribution in [0.1, 0.15) is 32.3 Å². The molecule has 1 saturated heterocycles. The van der Waals surface area contributed by atoms with Crippen molar-refractivity contribution in [3.05, 3.63) is 89.5 Å². The lowest BCUT2D eigenvalue weighted by Gasteiger charge is -2.34. The molecule has 1 unspecified atom stereocenters. The first-order valence-corrected chi connectivity index (χ1v) is 12.8. The van der Waals surface area contributed by atoms with Crippen LogP contribution in [0.15, 0.2) is 89.0 Å². The van der Waals surface area contributed by atoms with E-state index in [9.17, 15) is 0 Å². The van der Waals surface area contributed by atoms with Gasteiger partial charge in [-0.05, 0) is 44.4 Å². The van der Waals surface area contributed by atoms with Crippen LogP contribution in [0, 0.1) is 23.7 Å². The zero-order valence-corrected chi connectivity index (χ0v) is 21.1. The summed E-state index contributed by atoms with van der Waals surface area (Å²) >= 11 is 0. The number of benzene rings is 2. The van der Waals surface area contributed by atoms with Crippen molar-refractivity contribution in [1.29, 1.82) is 0 Å². The Bertz CT molecular complexity index is 1380. The molecule has 0 aromatic heterocycles. The minimum Gasteiger partial charge on any atom is -0.474 e. The van der Waals surface area contributed by atoms with Gasteiger partial charge >= 0.3 is 0 Å². The summed E-state index contributed by atoms with van der Waals surface area (Å²) in [6, 6.07) is 20.1. The quantitative estimate of drug-likeness (QED) is 0.532. The summed E-state index contributed by atoms with van der Waals surface area (Å²) < 4.78 is 25.5. The molecule has 4 atom stereocenters. The number of para-hydroxylation sites is 1. The predicted molar refractivity (Wildman–Crippen MR) is 142 cm³/mol. The van der Waals surface area contributed by atoms with Gasteiger partial charge in [0.2, 0.25) is 0 Å². The maximum absolute atomic E-state index is 6.59. The fourth-order valence-corrected chi connectivity index (χ4v) is 5.30. The van der Waals surface area contributed by atoms with Gasteiger partial charge in [0.05, 0.1) is 12.1 Å². The molecular formula is C32H29NO4. The number of hydrogen-bond acceptors (Lipinski definition) is 5. The third kappa shape index (κ3) is 4.69. The van der Waals surface area contributed by atoms with E-state index in [0.29, 0.717) is 13.0 Å². The minimum atomic E-state index is -0.906. The van der Waals surface area contributed by atoms with Gasteiger partial charge in [-0.25, -0.2) is 0 Å². The van der Waals surface area contributed by atoms with Crippen LogP contribution < -0.4 is 4.74 Å². The first-order valence-electron chi connectivity index (χ1n) is 12.8. The van der Waals surface area contributed by atoms with Crippen molar-refractivity contribution in [2.45, 2.75) is 62.8 Å². The number of allylic oxidation sites excluding steroid dienone is 1. The highest BCUT2D eigenvalue weighted by Gasteiger charge is 2.62. The topological polar surface area (TPSA) is 49.3 Å². The molecule has 1 fully saturated rings. The largest absolute Gasteiger partial charge is 0.474 e. The lowest BCUT2D eigenvalue weighted by atomic mass is 9.87. The van der Waals surface area contributed by atoms with E-state index in [1.54, 1.807) is 0 Å². The lowest BCUT2D eigenvalue weighted by molar-refractivity contribution is -0.166. The molecule has 0 radical (unpaired) electrons. The fourth-order valence-electron chi connectivity index (χ4n) is 5.30. The third-order valence-corrected chi connectivity index (χ3v) is 6.98. The molecule has 2 aliphatic carbocycles. The molecule has 2 aliphatic heterocycles. The van der Waals surface area contributed by atoms with Gasteiger partial charge < -0.3 is 18.9 Å². The molecule has 37 heavy (non-hydrogen) atoms. The number of rotatable bonds is 6. The highest BCUT2D eigenvalue weighted by molar-refractivity contribution is 5.78. The second-order valence-corrected chi connectivity index (χ2v) is 10.0. The molecule has 1 spiro atoms. The highest BCUT2D eigenvalue weighted by atomic mass is 16.8. The average Bonchev–Trinajstić information content (AvgIpc) is 3.58. The van der Waals surface area contributed by atoms with Crippen molar-refractivity contribution in [3.63, 3.8) is 0 Å². The van der Waals surface area contributed by atoms with Crippen LogP contribution in [0.3, 0.4) is 0 Å². The predicted octanol–water partition coefficient (Wildman–Crippen LogP) is 5.03. The van der Waals surface area contributed by atoms with E-state index in [-0.39, 0.29) is 12.2 Å². The second kappa shape index (κ2) is 9.60. The van der Waals surface area contributed by atoms with Crippen molar-refractivity contribution in [3.8, 4) is 29.4 Å². The van der Waals surface area contributed by atoms with Gasteiger partial charge in [-0.2, -0.15) is 0 Å². The maximum atomic E-state index is 6.59. The molecule has 2 aromatic carbocycles. The molecule has 6 rings (SSSR count). The monoisotopic (exact) mass is 491 g/mol. The Morgan fingerprint density at radius 3 is 2.59 bits per heavy atom. The highest BCUT2D eigenvalue weighted by Crippen LogP contribution is 2.49. The molecule has 0 N–H and O–H groups in total. The van der Waals surface area contributed by atoms with Crippen LogP contribution >= 0.6 is 0 Å². The third-order valence-electron chi connectivity index (χ3n) is 6.98. The van der Waals surface area contributed by atoms with E-state index in [1.165, 1.54) is 5.56 Å². The van der Waals surface area contributed by atoms with E-state index in [0.717, 1.165) is 35.6 Å². The Morgan fingerprint density at radius 1 is 1.00 bits per heavy atom. The van der Waals surface area contributed by atoms with Crippen LogP contribution in [0.5, 0.6) is 5.75 Å². The van der Waals surface area contributed by atoms with Gasteiger partial charge in [-0.3, -0.25) is 4.99 Å². The Hall–Kier alpha value is -3.77. The Balaban J connectivity index is 1.26. The summed E-state index contributed by atoms with van der Waals surface area (Å²) in [4.78, 5) is 4.65. The summed E-state index contributed by atoms with van der Waals surface area (Å²) in [5.74, 6) is 14.0. The van der Waals surface area contributed by atoms with Crippen LogP contribution in [-0.2, 0) is 20.6 Å². The van der Waals surface area contributed by atoms with Crippen molar-refractivity contribution in [2.75, 3.05) is 6.54 Å². The molecule has 2 aromatic rings. The first kappa shape index (κ1) is 23.6. The molecule has 4 aliphatic rings. The molecule has 0 saturated carbocycles. The van der Waals surface area contributed by atoms with E-state index in [4.69, 9.17) is 18.9 Å². The standard InChI is InChI=1S/C32H29NO4/c1-31(2)36-29-20-19-25-18-17-24(27-22-33-30(35-27)21-16-23-10-5-3-6-11-23)12-9-15-28(32(25,29)37-31)34-26-13-7-4-8-14-26/h3-8,10-14,19,27-29H,16,20-22H2,1-2H3/b24-12+/t27-,28?,29+,32+/m0/s1. The molecule has 5 nitrogen and oxygen atoms in total. The van der Waals surface area contributed by atoms with Crippen molar-refractivity contribution < 1.29 is 18.9 Å². The first-order chi connectivity index (χ1) is 18.0. The van der Waals surface area contributed by atoms with Crippen LogP contribution in [0.2, 0.25) is 0 Å². The summed E-state index contributed by atoms with van der Waals surface area (Å²) in [7, 11) is 0. The molecular weight excluding hydrogens is 462 g/mol. The fraction of sp³-hybridized carbons (Fsp3) is 0.344. The number of aryl methyl sites for hydroxylation is 1. The van der Waals surface area contributed by atoms with Crippen LogP contribution in [-0.4, -0.2) is 42.1 Å². The second-order valence-electron chi connectivity index (χ2n) is 10.0. The van der Waals surface area contributed by atoms with Crippen molar-refractivity contribution in [2.24, 2.45) is 4.99 Å². The average molecular weight is 492 g/mol. The van der Waals surface area contributed by atoms with Crippen molar-refractivity contribution >= 4 is 5.90 Å². The van der Waals surface area contributed by atoms with Gasteiger partial charge in [0.1, 0.15) is 11.9 Å². The summed E-state index contributed by atoms with van der Waals surface area (Å²) in [5.41, 5.74) is 2.01. The Labute approximate surface area is 218 Å². The Morgan fingerprint density at radius 2 is 1.78 bits per heavy atom. The SMILES string of the molecule is CC1(C)O[C@@H]2CC=C3C#C/C([C@@H]4CN=C(CCc5ccccc5)O4)=C\C#CC(Oc4ccccc4)[C@]32O1. The van der Waals surface area contributed by atoms with Crippen LogP contribution in [0.4, 0.5) is 0 Å². The molecule has 2 heterocycles. The normalized spacial score (nSPS) is 30.2. The maximum Gasteiger partial charge on any atom is 0.195 e. The van der Waals surface area contributed by atoms with Gasteiger partial charge in [0.25, 0.3) is 0 Å². The van der Waals surface area contributed by atoms with Gasteiger partial charge in [0, 0.05) is 18.1 Å². The van der Waals surface area contributed by atoms with E-state index >= 15 is 0 Å². The number of nitrogens with zero attached hydrogens (tertiary/aromatic N) is 1. The summed E-state index contributed by atoms with van der Waals surface area (Å²) in [6.45, 7) is 4.39. The summed E-state index contributed by atoms with van der Waals surface area (Å²) in [6.07, 6.45) is 5.20. The molecule has 0 amide bonds. The summed E-state index contributed by atoms with van der Waals surface area (Å²) in [5, 5.41) is 0. The number of ether oxygens (including phenoxy) is 4. The zero-order chi connectivity index (χ0) is 25.3. The molecule has 186 valence electrons. The molecule has 0 bridgehead atoms. The Kier molecular flexibility index (Phi) is 6.13. The van der Waals surface area contributed by atoms with Gasteiger partial charge in [0.15, 0.2) is 29.5 Å². The van der Waals surface area contributed by atoms with E-state index in [2.05, 4.69) is 59.0 Å². The zero-order valence-electron chi connectivity index (χ0n) is 21.1. The van der Waals surface area contributed by atoms with Crippen molar-refractivity contribution in [1.82, 2.24) is 0 Å². The van der Waals surface area contributed by atoms with E-state index < -0.39 is 17.5 Å². The minimum absolute atomic E-state index is 0.230.